The van der Waals surface area contributed by atoms with Crippen molar-refractivity contribution in [3.63, 3.8) is 0 Å². The van der Waals surface area contributed by atoms with Crippen LogP contribution in [-0.2, 0) is 9.59 Å². The second-order valence-electron chi connectivity index (χ2n) is 10.9. The van der Waals surface area contributed by atoms with Crippen molar-refractivity contribution in [3.05, 3.63) is 71.4 Å². The summed E-state index contributed by atoms with van der Waals surface area (Å²) in [7, 11) is 0. The lowest BCUT2D eigenvalue weighted by atomic mass is 9.73. The van der Waals surface area contributed by atoms with E-state index >= 15 is 0 Å². The SMILES string of the molecule is CC1(C)CC(=O)C2=C(C1)Nc1ccccc1N(CC(=O)N1CCN(CCO)CC1)C2c1ccccc1. The van der Waals surface area contributed by atoms with Gasteiger partial charge in [0.05, 0.1) is 30.6 Å². The fourth-order valence-corrected chi connectivity index (χ4v) is 5.82. The number of hydrogen-bond donors (Lipinski definition) is 2. The first-order valence-corrected chi connectivity index (χ1v) is 12.9. The van der Waals surface area contributed by atoms with E-state index in [1.807, 2.05) is 47.4 Å². The predicted molar refractivity (Wildman–Crippen MR) is 142 cm³/mol. The largest absolute Gasteiger partial charge is 0.395 e. The Morgan fingerprint density at radius 1 is 1.00 bits per heavy atom. The van der Waals surface area contributed by atoms with Crippen LogP contribution in [0.25, 0.3) is 0 Å². The van der Waals surface area contributed by atoms with Crippen LogP contribution in [0.15, 0.2) is 65.9 Å². The molecule has 1 unspecified atom stereocenters. The number of carbonyl (C=O) groups is 2. The number of aliphatic hydroxyl groups excluding tert-OH is 1. The highest BCUT2D eigenvalue weighted by Crippen LogP contribution is 2.48. The van der Waals surface area contributed by atoms with Gasteiger partial charge in [-0.1, -0.05) is 56.3 Å². The van der Waals surface area contributed by atoms with Gasteiger partial charge in [0.15, 0.2) is 5.78 Å². The molecule has 7 heteroatoms. The summed E-state index contributed by atoms with van der Waals surface area (Å²) >= 11 is 0. The number of Topliss-reactive ketones (excluding diaryl/α,β-unsaturated/α-hetero) is 1. The lowest BCUT2D eigenvalue weighted by Crippen LogP contribution is -2.52. The molecule has 1 aliphatic carbocycles. The Bertz CT molecular complexity index is 1150. The van der Waals surface area contributed by atoms with Gasteiger partial charge < -0.3 is 20.2 Å². The van der Waals surface area contributed by atoms with Crippen LogP contribution in [0.1, 0.15) is 38.3 Å². The Kier molecular flexibility index (Phi) is 6.86. The van der Waals surface area contributed by atoms with Crippen LogP contribution in [0.3, 0.4) is 0 Å². The molecule has 2 aliphatic heterocycles. The number of ketones is 1. The van der Waals surface area contributed by atoms with Crippen LogP contribution >= 0.6 is 0 Å². The summed E-state index contributed by atoms with van der Waals surface area (Å²) < 4.78 is 0. The molecule has 1 fully saturated rings. The predicted octanol–water partition coefficient (Wildman–Crippen LogP) is 3.44. The molecule has 1 atom stereocenters. The zero-order valence-corrected chi connectivity index (χ0v) is 21.2. The summed E-state index contributed by atoms with van der Waals surface area (Å²) in [6.45, 7) is 8.04. The molecule has 0 radical (unpaired) electrons. The molecule has 36 heavy (non-hydrogen) atoms. The van der Waals surface area contributed by atoms with E-state index in [1.54, 1.807) is 0 Å². The zero-order valence-electron chi connectivity index (χ0n) is 21.2. The van der Waals surface area contributed by atoms with E-state index in [0.717, 1.165) is 47.7 Å². The Balaban J connectivity index is 1.55. The third-order valence-corrected chi connectivity index (χ3v) is 7.57. The lowest BCUT2D eigenvalue weighted by molar-refractivity contribution is -0.131. The Hall–Kier alpha value is -3.16. The van der Waals surface area contributed by atoms with E-state index in [4.69, 9.17) is 0 Å². The van der Waals surface area contributed by atoms with Crippen molar-refractivity contribution in [2.75, 3.05) is 56.1 Å². The van der Waals surface area contributed by atoms with E-state index in [2.05, 4.69) is 41.1 Å². The number of aliphatic hydroxyl groups is 1. The van der Waals surface area contributed by atoms with Gasteiger partial charge in [-0.25, -0.2) is 0 Å². The summed E-state index contributed by atoms with van der Waals surface area (Å²) in [5.41, 5.74) is 4.48. The highest BCUT2D eigenvalue weighted by Gasteiger charge is 2.42. The average molecular weight is 489 g/mol. The third-order valence-electron chi connectivity index (χ3n) is 7.57. The topological polar surface area (TPSA) is 76.1 Å². The van der Waals surface area contributed by atoms with E-state index in [9.17, 15) is 14.7 Å². The Labute approximate surface area is 213 Å². The summed E-state index contributed by atoms with van der Waals surface area (Å²) in [5, 5.41) is 12.9. The van der Waals surface area contributed by atoms with Crippen LogP contribution in [0.5, 0.6) is 0 Å². The van der Waals surface area contributed by atoms with Crippen molar-refractivity contribution in [2.24, 2.45) is 5.41 Å². The quantitative estimate of drug-likeness (QED) is 0.672. The molecule has 190 valence electrons. The summed E-state index contributed by atoms with van der Waals surface area (Å²) in [5.74, 6) is 0.201. The van der Waals surface area contributed by atoms with Gasteiger partial charge in [0.25, 0.3) is 0 Å². The number of anilines is 2. The number of β-amino-alcohol motifs (C(OH)–C–C–N with tert-alkyl or cyclic N) is 1. The molecule has 2 aromatic rings. The molecular weight excluding hydrogens is 452 g/mol. The van der Waals surface area contributed by atoms with Crippen LogP contribution in [0.4, 0.5) is 11.4 Å². The minimum absolute atomic E-state index is 0.0574. The number of benzene rings is 2. The fraction of sp³-hybridized carbons (Fsp3) is 0.448. The highest BCUT2D eigenvalue weighted by atomic mass is 16.3. The van der Waals surface area contributed by atoms with Crippen molar-refractivity contribution in [3.8, 4) is 0 Å². The van der Waals surface area contributed by atoms with Crippen molar-refractivity contribution >= 4 is 23.1 Å². The van der Waals surface area contributed by atoms with Gasteiger partial charge >= 0.3 is 0 Å². The van der Waals surface area contributed by atoms with Crippen molar-refractivity contribution in [1.29, 1.82) is 0 Å². The number of piperazine rings is 1. The van der Waals surface area contributed by atoms with Crippen LogP contribution in [0.2, 0.25) is 0 Å². The average Bonchev–Trinajstić information content (AvgIpc) is 2.99. The van der Waals surface area contributed by atoms with E-state index in [0.29, 0.717) is 26.1 Å². The fourth-order valence-electron chi connectivity index (χ4n) is 5.82. The number of fused-ring (bicyclic) bond motifs is 1. The number of allylic oxidation sites excluding steroid dienone is 1. The molecular formula is C29H36N4O3. The first-order valence-electron chi connectivity index (χ1n) is 12.9. The smallest absolute Gasteiger partial charge is 0.242 e. The molecule has 2 heterocycles. The maximum Gasteiger partial charge on any atom is 0.242 e. The van der Waals surface area contributed by atoms with Gasteiger partial charge in [0, 0.05) is 50.4 Å². The highest BCUT2D eigenvalue weighted by molar-refractivity contribution is 6.01. The molecule has 0 spiro atoms. The number of amides is 1. The Morgan fingerprint density at radius 3 is 2.42 bits per heavy atom. The van der Waals surface area contributed by atoms with Crippen LogP contribution < -0.4 is 10.2 Å². The van der Waals surface area contributed by atoms with Gasteiger partial charge in [-0.2, -0.15) is 0 Å². The first-order chi connectivity index (χ1) is 17.4. The maximum atomic E-state index is 13.7. The molecule has 0 bridgehead atoms. The van der Waals surface area contributed by atoms with Gasteiger partial charge in [-0.05, 0) is 29.5 Å². The van der Waals surface area contributed by atoms with Crippen molar-refractivity contribution < 1.29 is 14.7 Å². The van der Waals surface area contributed by atoms with E-state index in [1.165, 1.54) is 0 Å². The molecule has 7 nitrogen and oxygen atoms in total. The number of para-hydroxylation sites is 2. The number of rotatable bonds is 5. The molecule has 3 aliphatic rings. The van der Waals surface area contributed by atoms with E-state index in [-0.39, 0.29) is 36.3 Å². The van der Waals surface area contributed by atoms with Crippen LogP contribution in [0, 0.1) is 5.41 Å². The van der Waals surface area contributed by atoms with Gasteiger partial charge in [0.1, 0.15) is 0 Å². The number of carbonyl (C=O) groups excluding carboxylic acids is 2. The third kappa shape index (κ3) is 4.90. The minimum Gasteiger partial charge on any atom is -0.395 e. The summed E-state index contributed by atoms with van der Waals surface area (Å²) in [4.78, 5) is 33.6. The monoisotopic (exact) mass is 488 g/mol. The molecule has 5 rings (SSSR count). The second kappa shape index (κ2) is 10.1. The normalized spacial score (nSPS) is 22.0. The molecule has 2 aromatic carbocycles. The molecule has 1 saturated heterocycles. The summed E-state index contributed by atoms with van der Waals surface area (Å²) in [6.07, 6.45) is 1.27. The molecule has 0 aromatic heterocycles. The number of nitrogens with zero attached hydrogens (tertiary/aromatic N) is 3. The lowest BCUT2D eigenvalue weighted by Gasteiger charge is -2.39. The van der Waals surface area contributed by atoms with Crippen molar-refractivity contribution in [2.45, 2.75) is 32.7 Å². The first kappa shape index (κ1) is 24.5. The maximum absolute atomic E-state index is 13.7. The standard InChI is InChI=1S/C29H36N4O3/c1-29(2)18-23-27(25(35)19-29)28(21-8-4-3-5-9-21)33(24-11-7-6-10-22(24)30-23)20-26(36)32-14-12-31(13-15-32)16-17-34/h3-11,28,30,34H,12-20H2,1-2H3. The Morgan fingerprint density at radius 2 is 1.69 bits per heavy atom. The molecule has 1 amide bonds. The zero-order chi connectivity index (χ0) is 25.3. The molecule has 0 saturated carbocycles. The minimum atomic E-state index is -0.347. The van der Waals surface area contributed by atoms with Gasteiger partial charge in [-0.15, -0.1) is 0 Å². The van der Waals surface area contributed by atoms with Gasteiger partial charge in [0.2, 0.25) is 5.91 Å². The van der Waals surface area contributed by atoms with E-state index < -0.39 is 0 Å². The number of nitrogens with one attached hydrogen (secondary N) is 1. The van der Waals surface area contributed by atoms with Gasteiger partial charge in [-0.3, -0.25) is 14.5 Å². The van der Waals surface area contributed by atoms with Crippen LogP contribution in [-0.4, -0.2) is 72.5 Å². The number of hydrogen-bond acceptors (Lipinski definition) is 6. The molecule has 2 N–H and O–H groups in total. The van der Waals surface area contributed by atoms with Crippen molar-refractivity contribution in [1.82, 2.24) is 9.80 Å². The second-order valence-corrected chi connectivity index (χ2v) is 10.9. The summed E-state index contributed by atoms with van der Waals surface area (Å²) in [6, 6.07) is 17.8.